The first-order valence-electron chi connectivity index (χ1n) is 9.00. The molecule has 0 bridgehead atoms. The highest BCUT2D eigenvalue weighted by Gasteiger charge is 2.34. The number of hydrogen-bond donors (Lipinski definition) is 1. The van der Waals surface area contributed by atoms with Crippen molar-refractivity contribution in [2.24, 2.45) is 11.8 Å². The van der Waals surface area contributed by atoms with Gasteiger partial charge in [0.1, 0.15) is 0 Å². The zero-order chi connectivity index (χ0) is 14.1. The van der Waals surface area contributed by atoms with Gasteiger partial charge >= 0.3 is 0 Å². The van der Waals surface area contributed by atoms with Gasteiger partial charge in [-0.2, -0.15) is 0 Å². The molecule has 3 fully saturated rings. The van der Waals surface area contributed by atoms with Gasteiger partial charge in [-0.1, -0.05) is 12.8 Å². The summed E-state index contributed by atoms with van der Waals surface area (Å²) in [6, 6.07) is 9.88. The molecule has 3 aliphatic rings. The van der Waals surface area contributed by atoms with E-state index in [2.05, 4.69) is 34.5 Å². The molecule has 2 atom stereocenters. The summed E-state index contributed by atoms with van der Waals surface area (Å²) in [6.45, 7) is 2.47. The highest BCUT2D eigenvalue weighted by Crippen LogP contribution is 2.44. The van der Waals surface area contributed by atoms with Crippen LogP contribution >= 0.6 is 0 Å². The summed E-state index contributed by atoms with van der Waals surface area (Å²) in [5.74, 6) is 2.09. The lowest BCUT2D eigenvalue weighted by Gasteiger charge is -2.30. The molecule has 1 aliphatic heterocycles. The third-order valence-corrected chi connectivity index (χ3v) is 5.71. The minimum absolute atomic E-state index is 0.710. The number of nitrogens with zero attached hydrogens (tertiary/aromatic N) is 1. The van der Waals surface area contributed by atoms with Gasteiger partial charge in [-0.25, -0.2) is 0 Å². The maximum Gasteiger partial charge on any atom is 0.0367 e. The number of benzene rings is 1. The topological polar surface area (TPSA) is 15.3 Å². The quantitative estimate of drug-likeness (QED) is 0.864. The molecule has 0 radical (unpaired) electrons. The van der Waals surface area contributed by atoms with Gasteiger partial charge in [-0.15, -0.1) is 0 Å². The van der Waals surface area contributed by atoms with E-state index >= 15 is 0 Å². The van der Waals surface area contributed by atoms with Crippen LogP contribution in [0.3, 0.4) is 0 Å². The van der Waals surface area contributed by atoms with Crippen LogP contribution in [0.15, 0.2) is 24.3 Å². The normalized spacial score (nSPS) is 29.6. The van der Waals surface area contributed by atoms with Crippen molar-refractivity contribution in [3.05, 3.63) is 24.3 Å². The van der Waals surface area contributed by atoms with Gasteiger partial charge in [0.2, 0.25) is 0 Å². The van der Waals surface area contributed by atoms with Gasteiger partial charge in [0.25, 0.3) is 0 Å². The summed E-state index contributed by atoms with van der Waals surface area (Å²) in [4.78, 5) is 2.51. The van der Waals surface area contributed by atoms with E-state index in [0.717, 1.165) is 11.8 Å². The molecule has 114 valence electrons. The van der Waals surface area contributed by atoms with Crippen molar-refractivity contribution < 1.29 is 0 Å². The summed E-state index contributed by atoms with van der Waals surface area (Å²) >= 11 is 0. The van der Waals surface area contributed by atoms with Crippen molar-refractivity contribution in [2.75, 3.05) is 23.3 Å². The van der Waals surface area contributed by atoms with Crippen molar-refractivity contribution in [3.8, 4) is 0 Å². The predicted octanol–water partition coefficient (Wildman–Crippen LogP) is 4.67. The van der Waals surface area contributed by atoms with E-state index in [1.54, 1.807) is 0 Å². The third kappa shape index (κ3) is 3.20. The summed E-state index contributed by atoms with van der Waals surface area (Å²) in [5.41, 5.74) is 2.72. The van der Waals surface area contributed by atoms with Crippen molar-refractivity contribution in [1.82, 2.24) is 0 Å². The Kier molecular flexibility index (Phi) is 3.79. The third-order valence-electron chi connectivity index (χ3n) is 5.71. The fourth-order valence-electron chi connectivity index (χ4n) is 4.33. The van der Waals surface area contributed by atoms with Gasteiger partial charge in [-0.3, -0.25) is 0 Å². The molecule has 0 aromatic heterocycles. The second-order valence-corrected chi connectivity index (χ2v) is 7.35. The Morgan fingerprint density at radius 1 is 0.810 bits per heavy atom. The van der Waals surface area contributed by atoms with Crippen LogP contribution in [0.25, 0.3) is 0 Å². The van der Waals surface area contributed by atoms with Crippen LogP contribution in [-0.2, 0) is 0 Å². The molecule has 2 saturated carbocycles. The van der Waals surface area contributed by atoms with Crippen LogP contribution in [0.5, 0.6) is 0 Å². The van der Waals surface area contributed by atoms with Crippen LogP contribution in [0.4, 0.5) is 11.4 Å². The van der Waals surface area contributed by atoms with Crippen LogP contribution in [-0.4, -0.2) is 19.1 Å². The second kappa shape index (κ2) is 5.90. The lowest BCUT2D eigenvalue weighted by atomic mass is 9.82. The van der Waals surface area contributed by atoms with E-state index in [9.17, 15) is 0 Å². The van der Waals surface area contributed by atoms with E-state index in [1.807, 2.05) is 0 Å². The van der Waals surface area contributed by atoms with Crippen LogP contribution in [0.2, 0.25) is 0 Å². The Hall–Kier alpha value is -1.18. The fourth-order valence-corrected chi connectivity index (χ4v) is 4.33. The largest absolute Gasteiger partial charge is 0.382 e. The fraction of sp³-hybridized carbons (Fsp3) is 0.684. The van der Waals surface area contributed by atoms with E-state index in [-0.39, 0.29) is 0 Å². The van der Waals surface area contributed by atoms with Crippen molar-refractivity contribution in [1.29, 1.82) is 0 Å². The summed E-state index contributed by atoms with van der Waals surface area (Å²) < 4.78 is 0. The molecule has 0 amide bonds. The van der Waals surface area contributed by atoms with Crippen LogP contribution < -0.4 is 10.2 Å². The molecule has 0 spiro atoms. The minimum Gasteiger partial charge on any atom is -0.382 e. The van der Waals surface area contributed by atoms with Crippen LogP contribution in [0.1, 0.15) is 51.4 Å². The van der Waals surface area contributed by atoms with Crippen molar-refractivity contribution in [2.45, 2.75) is 57.4 Å². The number of nitrogens with one attached hydrogen (secondary N) is 1. The standard InChI is InChI=1S/C19H28N2/c1-2-13-21(12-1)19-10-8-17(9-11-19)20-18-5-3-4-16(14-18)15-6-7-15/h8-11,15-16,18,20H,1-7,12-14H2. The average Bonchev–Trinajstić information content (AvgIpc) is 3.24. The first kappa shape index (κ1) is 13.5. The van der Waals surface area contributed by atoms with Gasteiger partial charge in [0.05, 0.1) is 0 Å². The van der Waals surface area contributed by atoms with Gasteiger partial charge in [0, 0.05) is 30.5 Å². The molecule has 2 unspecified atom stereocenters. The Labute approximate surface area is 128 Å². The first-order valence-corrected chi connectivity index (χ1v) is 9.00. The van der Waals surface area contributed by atoms with Gasteiger partial charge in [-0.05, 0) is 74.6 Å². The highest BCUT2D eigenvalue weighted by molar-refractivity contribution is 5.55. The zero-order valence-electron chi connectivity index (χ0n) is 13.1. The molecule has 4 rings (SSSR count). The molecular weight excluding hydrogens is 256 g/mol. The molecule has 1 heterocycles. The highest BCUT2D eigenvalue weighted by atomic mass is 15.1. The van der Waals surface area contributed by atoms with E-state index in [4.69, 9.17) is 0 Å². The summed E-state index contributed by atoms with van der Waals surface area (Å²) in [7, 11) is 0. The van der Waals surface area contributed by atoms with E-state index in [1.165, 1.54) is 75.8 Å². The number of hydrogen-bond acceptors (Lipinski definition) is 2. The van der Waals surface area contributed by atoms with Crippen molar-refractivity contribution in [3.63, 3.8) is 0 Å². The van der Waals surface area contributed by atoms with Gasteiger partial charge in [0.15, 0.2) is 0 Å². The SMILES string of the molecule is c1cc(N2CCCC2)ccc1NC1CCCC(C2CC2)C1. The average molecular weight is 284 g/mol. The predicted molar refractivity (Wildman–Crippen MR) is 90.0 cm³/mol. The van der Waals surface area contributed by atoms with E-state index < -0.39 is 0 Å². The second-order valence-electron chi connectivity index (χ2n) is 7.35. The molecule has 21 heavy (non-hydrogen) atoms. The Bertz CT molecular complexity index is 457. The molecular formula is C19H28N2. The summed E-state index contributed by atoms with van der Waals surface area (Å²) in [5, 5.41) is 3.79. The maximum absolute atomic E-state index is 3.79. The molecule has 2 aliphatic carbocycles. The lowest BCUT2D eigenvalue weighted by Crippen LogP contribution is -2.28. The molecule has 1 saturated heterocycles. The Balaban J connectivity index is 1.35. The minimum atomic E-state index is 0.710. The molecule has 1 aromatic carbocycles. The Morgan fingerprint density at radius 3 is 2.29 bits per heavy atom. The van der Waals surface area contributed by atoms with Crippen LogP contribution in [0, 0.1) is 11.8 Å². The number of rotatable bonds is 4. The maximum atomic E-state index is 3.79. The monoisotopic (exact) mass is 284 g/mol. The molecule has 1 aromatic rings. The smallest absolute Gasteiger partial charge is 0.0367 e. The molecule has 2 heteroatoms. The molecule has 1 N–H and O–H groups in total. The Morgan fingerprint density at radius 2 is 1.57 bits per heavy atom. The summed E-state index contributed by atoms with van der Waals surface area (Å²) in [6.07, 6.45) is 11.4. The lowest BCUT2D eigenvalue weighted by molar-refractivity contribution is 0.303. The van der Waals surface area contributed by atoms with Gasteiger partial charge < -0.3 is 10.2 Å². The zero-order valence-corrected chi connectivity index (χ0v) is 13.1. The molecule has 2 nitrogen and oxygen atoms in total. The van der Waals surface area contributed by atoms with E-state index in [0.29, 0.717) is 6.04 Å². The first-order chi connectivity index (χ1) is 10.4. The number of anilines is 2. The van der Waals surface area contributed by atoms with Crippen molar-refractivity contribution >= 4 is 11.4 Å².